The van der Waals surface area contributed by atoms with E-state index in [4.69, 9.17) is 13.3 Å². The summed E-state index contributed by atoms with van der Waals surface area (Å²) in [5.41, 5.74) is 37.2. The molecule has 0 radical (unpaired) electrons. The Morgan fingerprint density at radius 3 is 0.846 bits per heavy atom. The molecule has 0 aliphatic heterocycles. The fourth-order valence-corrected chi connectivity index (χ4v) is 21.1. The summed E-state index contributed by atoms with van der Waals surface area (Å²) < 4.78 is 26.1. The predicted molar refractivity (Wildman–Crippen MR) is 488 cm³/mol. The number of rotatable bonds is 5. The van der Waals surface area contributed by atoms with Crippen molar-refractivity contribution < 1.29 is 13.3 Å². The summed E-state index contributed by atoms with van der Waals surface area (Å²) >= 11 is 0. The van der Waals surface area contributed by atoms with Gasteiger partial charge in [0.25, 0.3) is 0 Å². The van der Waals surface area contributed by atoms with Crippen molar-refractivity contribution in [2.75, 3.05) is 0 Å². The van der Waals surface area contributed by atoms with Gasteiger partial charge in [-0.2, -0.15) is 0 Å². The molecule has 3 aliphatic carbocycles. The number of furan rings is 3. The molecule has 0 unspecified atom stereocenters. The maximum absolute atomic E-state index is 6.29. The lowest BCUT2D eigenvalue weighted by atomic mass is 9.80. The fourth-order valence-electron chi connectivity index (χ4n) is 21.1. The smallest absolute Gasteiger partial charge is 0.135 e. The summed E-state index contributed by atoms with van der Waals surface area (Å²) in [6, 6.07) is 129. The zero-order chi connectivity index (χ0) is 77.9. The highest BCUT2D eigenvalue weighted by Gasteiger charge is 2.42. The summed E-state index contributed by atoms with van der Waals surface area (Å²) in [6.07, 6.45) is 0. The van der Waals surface area contributed by atoms with Gasteiger partial charge in [-0.25, -0.2) is 0 Å². The molecule has 6 nitrogen and oxygen atoms in total. The molecule has 0 saturated carbocycles. The minimum atomic E-state index is -0.180. The summed E-state index contributed by atoms with van der Waals surface area (Å²) in [5.74, 6) is 0. The molecular weight excluding hydrogens is 1420 g/mol. The molecule has 6 heterocycles. The van der Waals surface area contributed by atoms with Gasteiger partial charge in [0.2, 0.25) is 0 Å². The molecule has 0 amide bonds. The Morgan fingerprint density at radius 2 is 0.470 bits per heavy atom. The van der Waals surface area contributed by atoms with Crippen molar-refractivity contribution in [3.8, 4) is 72.7 Å². The minimum Gasteiger partial charge on any atom is -0.456 e. The predicted octanol–water partition coefficient (Wildman–Crippen LogP) is 30.3. The average molecular weight is 1500 g/mol. The van der Waals surface area contributed by atoms with Crippen LogP contribution in [0, 0.1) is 0 Å². The number of hydrogen-bond donors (Lipinski definition) is 0. The molecule has 3 aliphatic rings. The Hall–Kier alpha value is -14.5. The first-order chi connectivity index (χ1) is 57.3. The second-order valence-corrected chi connectivity index (χ2v) is 33.7. The molecule has 0 N–H and O–H groups in total. The number of fused-ring (bicyclic) bond motifs is 30. The van der Waals surface area contributed by atoms with E-state index in [0.717, 1.165) is 33.5 Å². The topological polar surface area (TPSA) is 54.2 Å². The van der Waals surface area contributed by atoms with E-state index in [0.29, 0.717) is 0 Å². The standard InChI is InChI=1S/2C39H27NO.C33H23NO/c1-39(2)32-23-26(17-18-27(32)29-19-21-36-37(38(29)39)30-13-7-9-15-35(30)41-36)40-33-14-8-6-12-28(33)31-22-25(16-20-34(31)40)24-10-4-3-5-11-24;1-39(2)32-23-26(17-19-27(32)30-20-21-36-37(38(30)39)31-13-7-9-15-35(31)41-36)40-33-14-8-6-12-28(33)29-18-16-25(22-34(29)40)24-10-4-3-5-11-24;1-33(2)26-19-20(34-27-12-6-3-9-22(27)23-10-4-7-13-28(23)34)15-16-21(26)24-17-18-30-31(32(24)33)25-11-5-8-14-29(25)35-30/h2*3-23H,1-2H3;3-19H,1-2H3. The molecule has 0 spiro atoms. The Morgan fingerprint density at radius 1 is 0.188 bits per heavy atom. The van der Waals surface area contributed by atoms with Crippen LogP contribution in [0.15, 0.2) is 371 Å². The van der Waals surface area contributed by atoms with Crippen molar-refractivity contribution in [2.24, 2.45) is 0 Å². The molecule has 6 heteroatoms. The van der Waals surface area contributed by atoms with Gasteiger partial charge >= 0.3 is 0 Å². The van der Waals surface area contributed by atoms with Crippen molar-refractivity contribution >= 4 is 131 Å². The van der Waals surface area contributed by atoms with E-state index in [1.165, 1.54) is 204 Å². The number of aromatic nitrogens is 3. The highest BCUT2D eigenvalue weighted by Crippen LogP contribution is 2.58. The van der Waals surface area contributed by atoms with Crippen molar-refractivity contribution in [3.05, 3.63) is 391 Å². The molecule has 6 aromatic heterocycles. The largest absolute Gasteiger partial charge is 0.456 e. The minimum absolute atomic E-state index is 0.147. The third-order valence-electron chi connectivity index (χ3n) is 26.3. The zero-order valence-electron chi connectivity index (χ0n) is 65.6. The molecule has 0 bridgehead atoms. The average Bonchev–Trinajstić information content (AvgIpc) is 1.55. The molecule has 554 valence electrons. The van der Waals surface area contributed by atoms with Gasteiger partial charge in [-0.05, 0) is 204 Å². The van der Waals surface area contributed by atoms with E-state index in [2.05, 4.69) is 395 Å². The van der Waals surface area contributed by atoms with Gasteiger partial charge in [-0.1, -0.05) is 284 Å². The SMILES string of the molecule is CC1(C)c2cc(-n3c4ccccc4c4cc(-c5ccccc5)ccc43)ccc2-c2ccc3oc4ccccc4c3c21.CC1(C)c2cc(-n3c4ccccc4c4ccc(-c5ccccc5)cc43)ccc2-c2ccc3oc4ccccc4c3c21.CC1(C)c2cc(-n3c4ccccc4c4ccccc43)ccc2-c2ccc3oc4ccccc4c3c21. The molecule has 26 rings (SSSR count). The van der Waals surface area contributed by atoms with Crippen LogP contribution in [0.2, 0.25) is 0 Å². The number of nitrogens with zero attached hydrogens (tertiary/aromatic N) is 3. The Kier molecular flexibility index (Phi) is 14.2. The van der Waals surface area contributed by atoms with Crippen molar-refractivity contribution in [1.29, 1.82) is 0 Å². The van der Waals surface area contributed by atoms with Gasteiger partial charge in [0.15, 0.2) is 0 Å². The first-order valence-electron chi connectivity index (χ1n) is 40.8. The van der Waals surface area contributed by atoms with Crippen LogP contribution >= 0.6 is 0 Å². The second kappa shape index (κ2) is 24.8. The number of hydrogen-bond acceptors (Lipinski definition) is 3. The maximum Gasteiger partial charge on any atom is 0.135 e. The fraction of sp³-hybridized carbons (Fsp3) is 0.0811. The van der Waals surface area contributed by atoms with Gasteiger partial charge < -0.3 is 27.0 Å². The van der Waals surface area contributed by atoms with Crippen LogP contribution in [0.3, 0.4) is 0 Å². The van der Waals surface area contributed by atoms with Crippen molar-refractivity contribution in [3.63, 3.8) is 0 Å². The summed E-state index contributed by atoms with van der Waals surface area (Å²) in [7, 11) is 0. The molecule has 0 saturated heterocycles. The zero-order valence-corrected chi connectivity index (χ0v) is 65.6. The monoisotopic (exact) mass is 1500 g/mol. The Balaban J connectivity index is 0.000000101. The molecule has 23 aromatic rings. The van der Waals surface area contributed by atoms with Crippen molar-refractivity contribution in [2.45, 2.75) is 57.8 Å². The van der Waals surface area contributed by atoms with E-state index < -0.39 is 0 Å². The number of benzene rings is 17. The third-order valence-corrected chi connectivity index (χ3v) is 26.3. The van der Waals surface area contributed by atoms with E-state index in [1.807, 2.05) is 18.2 Å². The van der Waals surface area contributed by atoms with E-state index in [-0.39, 0.29) is 16.2 Å². The third kappa shape index (κ3) is 9.67. The Bertz CT molecular complexity index is 8110. The molecule has 17 aromatic carbocycles. The van der Waals surface area contributed by atoms with Crippen LogP contribution in [0.1, 0.15) is 74.9 Å². The molecule has 117 heavy (non-hydrogen) atoms. The van der Waals surface area contributed by atoms with Crippen LogP contribution in [0.5, 0.6) is 0 Å². The summed E-state index contributed by atoms with van der Waals surface area (Å²) in [4.78, 5) is 0. The Labute approximate surface area is 675 Å². The highest BCUT2D eigenvalue weighted by molar-refractivity contribution is 6.17. The second-order valence-electron chi connectivity index (χ2n) is 33.7. The lowest BCUT2D eigenvalue weighted by molar-refractivity contribution is 0.656. The van der Waals surface area contributed by atoms with Crippen LogP contribution < -0.4 is 0 Å². The van der Waals surface area contributed by atoms with Crippen LogP contribution in [0.4, 0.5) is 0 Å². The lowest BCUT2D eigenvalue weighted by Gasteiger charge is -2.23. The van der Waals surface area contributed by atoms with Crippen molar-refractivity contribution in [1.82, 2.24) is 13.7 Å². The maximum atomic E-state index is 6.29. The van der Waals surface area contributed by atoms with Crippen LogP contribution in [-0.4, -0.2) is 13.7 Å². The molecule has 0 fully saturated rings. The van der Waals surface area contributed by atoms with Crippen LogP contribution in [-0.2, 0) is 16.2 Å². The lowest BCUT2D eigenvalue weighted by Crippen LogP contribution is -2.16. The van der Waals surface area contributed by atoms with E-state index in [9.17, 15) is 0 Å². The highest BCUT2D eigenvalue weighted by atomic mass is 16.3. The van der Waals surface area contributed by atoms with Gasteiger partial charge in [0.1, 0.15) is 33.5 Å². The summed E-state index contributed by atoms with van der Waals surface area (Å²) in [6.45, 7) is 14.2. The quantitative estimate of drug-likeness (QED) is 0.173. The van der Waals surface area contributed by atoms with Gasteiger partial charge in [-0.15, -0.1) is 0 Å². The first kappa shape index (κ1) is 67.1. The normalized spacial score (nSPS) is 13.9. The van der Waals surface area contributed by atoms with Gasteiger partial charge in [-0.3, -0.25) is 0 Å². The van der Waals surface area contributed by atoms with E-state index >= 15 is 0 Å². The molecular formula is C111H77N3O3. The molecule has 0 atom stereocenters. The van der Waals surface area contributed by atoms with Gasteiger partial charge in [0, 0.05) is 97.9 Å². The first-order valence-corrected chi connectivity index (χ1v) is 40.8. The van der Waals surface area contributed by atoms with Gasteiger partial charge in [0.05, 0.1) is 33.1 Å². The number of para-hydroxylation sites is 7. The van der Waals surface area contributed by atoms with E-state index in [1.54, 1.807) is 0 Å². The summed E-state index contributed by atoms with van der Waals surface area (Å²) in [5, 5.41) is 15.0. The van der Waals surface area contributed by atoms with Crippen LogP contribution in [0.25, 0.3) is 204 Å².